The van der Waals surface area contributed by atoms with Gasteiger partial charge in [0, 0.05) is 40.8 Å². The van der Waals surface area contributed by atoms with Gasteiger partial charge in [-0.3, -0.25) is 0 Å². The van der Waals surface area contributed by atoms with Gasteiger partial charge in [0.1, 0.15) is 51.7 Å². The maximum atomic E-state index is 12.5. The summed E-state index contributed by atoms with van der Waals surface area (Å²) in [5.41, 5.74) is 17.2. The molecule has 4 aromatic heterocycles. The summed E-state index contributed by atoms with van der Waals surface area (Å²) < 4.78 is 22.9. The molecule has 2 aliphatic carbocycles. The van der Waals surface area contributed by atoms with Gasteiger partial charge in [-0.25, -0.2) is 24.7 Å². The Bertz CT molecular complexity index is 2660. The molecule has 13 nitrogen and oxygen atoms in total. The molecule has 10 rings (SSSR count). The van der Waals surface area contributed by atoms with Crippen LogP contribution in [0.5, 0.6) is 11.5 Å². The van der Waals surface area contributed by atoms with Crippen LogP contribution in [0.1, 0.15) is 131 Å². The van der Waals surface area contributed by atoms with E-state index in [2.05, 4.69) is 54.9 Å². The Hall–Kier alpha value is -6.31. The number of fused-ring (bicyclic) bond motifs is 6. The van der Waals surface area contributed by atoms with Crippen molar-refractivity contribution in [3.8, 4) is 11.5 Å². The average Bonchev–Trinajstić information content (AvgIpc) is 4.23. The van der Waals surface area contributed by atoms with Crippen LogP contribution in [0.4, 0.5) is 23.3 Å². The van der Waals surface area contributed by atoms with Crippen molar-refractivity contribution in [2.75, 3.05) is 24.9 Å². The first kappa shape index (κ1) is 43.0. The first-order chi connectivity index (χ1) is 30.6. The minimum absolute atomic E-state index is 0.0491. The largest absolute Gasteiger partial charge is 0.496 e. The Morgan fingerprint density at radius 1 is 0.641 bits per heavy atom. The second kappa shape index (κ2) is 15.7. The molecule has 0 unspecified atom stereocenters. The van der Waals surface area contributed by atoms with Crippen molar-refractivity contribution in [2.24, 2.45) is 11.5 Å². The lowest BCUT2D eigenvalue weighted by atomic mass is 9.79. The van der Waals surface area contributed by atoms with Crippen LogP contribution in [0.15, 0.2) is 79.6 Å². The molecule has 6 aromatic rings. The topological polar surface area (TPSA) is 182 Å². The Kier molecular flexibility index (Phi) is 10.6. The highest BCUT2D eigenvalue weighted by molar-refractivity contribution is 5.95. The number of nitrogens with two attached hydrogens (primary N) is 2. The van der Waals surface area contributed by atoms with Gasteiger partial charge in [0.05, 0.1) is 42.0 Å². The summed E-state index contributed by atoms with van der Waals surface area (Å²) in [7, 11) is 3.32. The highest BCUT2D eigenvalue weighted by Gasteiger charge is 2.63. The molecule has 6 heterocycles. The average molecular weight is 863 g/mol. The predicted molar refractivity (Wildman–Crippen MR) is 252 cm³/mol. The Morgan fingerprint density at radius 3 is 1.52 bits per heavy atom. The van der Waals surface area contributed by atoms with E-state index >= 15 is 0 Å². The van der Waals surface area contributed by atoms with Crippen LogP contribution in [0.2, 0.25) is 0 Å². The van der Waals surface area contributed by atoms with Crippen molar-refractivity contribution < 1.29 is 23.7 Å². The smallest absolute Gasteiger partial charge is 0.340 e. The Morgan fingerprint density at radius 2 is 1.08 bits per heavy atom. The SMILES string of the molecule is C=C1OC(C)(C)C2(CC2)c2nc(Nc3cc4c([C@@H](N)CC)ccc(OC)c4cn3)ccc21.CC[C@@H](N)c1ccc(OC)c2cnc(Nc3ccc4c(n3)C3(CC3)C(C)(C)OC4=O)cc12. The summed E-state index contributed by atoms with van der Waals surface area (Å²) in [5, 5.41) is 10.6. The number of ether oxygens (including phenoxy) is 4. The maximum absolute atomic E-state index is 12.5. The molecule has 0 saturated heterocycles. The molecule has 2 aliphatic heterocycles. The normalized spacial score (nSPS) is 18.7. The summed E-state index contributed by atoms with van der Waals surface area (Å²) in [5.74, 6) is 4.71. The van der Waals surface area contributed by atoms with Crippen molar-refractivity contribution in [1.82, 2.24) is 19.9 Å². The molecule has 0 amide bonds. The van der Waals surface area contributed by atoms with Crippen molar-refractivity contribution in [3.63, 3.8) is 0 Å². The predicted octanol–water partition coefficient (Wildman–Crippen LogP) is 10.4. The van der Waals surface area contributed by atoms with Crippen molar-refractivity contribution >= 4 is 56.5 Å². The van der Waals surface area contributed by atoms with Gasteiger partial charge in [-0.1, -0.05) is 32.6 Å². The molecule has 0 bridgehead atoms. The van der Waals surface area contributed by atoms with E-state index in [1.54, 1.807) is 32.5 Å². The number of rotatable bonds is 10. The minimum Gasteiger partial charge on any atom is -0.496 e. The van der Waals surface area contributed by atoms with Crippen LogP contribution in [0.3, 0.4) is 0 Å². The lowest BCUT2D eigenvalue weighted by Gasteiger charge is -2.41. The summed E-state index contributed by atoms with van der Waals surface area (Å²) in [4.78, 5) is 31.6. The summed E-state index contributed by atoms with van der Waals surface area (Å²) >= 11 is 0. The number of nitrogens with one attached hydrogen (secondary N) is 2. The first-order valence-corrected chi connectivity index (χ1v) is 22.2. The van der Waals surface area contributed by atoms with Crippen molar-refractivity contribution in [2.45, 2.75) is 114 Å². The van der Waals surface area contributed by atoms with Crippen molar-refractivity contribution in [3.05, 3.63) is 113 Å². The molecular weight excluding hydrogens is 805 g/mol. The van der Waals surface area contributed by atoms with Gasteiger partial charge < -0.3 is 41.0 Å². The van der Waals surface area contributed by atoms with E-state index in [0.29, 0.717) is 23.0 Å². The fraction of sp³-hybridized carbons (Fsp3) is 0.392. The number of anilines is 4. The number of hydrogen-bond donors (Lipinski definition) is 4. The molecule has 6 N–H and O–H groups in total. The Balaban J connectivity index is 0.000000162. The number of carbonyl (C=O) groups is 1. The molecule has 2 atom stereocenters. The molecule has 13 heteroatoms. The minimum atomic E-state index is -0.564. The Labute approximate surface area is 374 Å². The van der Waals surface area contributed by atoms with Gasteiger partial charge in [-0.05, 0) is 137 Å². The number of pyridine rings is 4. The van der Waals surface area contributed by atoms with E-state index in [-0.39, 0.29) is 34.5 Å². The lowest BCUT2D eigenvalue weighted by Crippen LogP contribution is -2.46. The first-order valence-electron chi connectivity index (χ1n) is 22.2. The second-order valence-corrected chi connectivity index (χ2v) is 18.5. The zero-order valence-corrected chi connectivity index (χ0v) is 38.0. The second-order valence-electron chi connectivity index (χ2n) is 18.5. The van der Waals surface area contributed by atoms with E-state index in [1.165, 1.54) is 0 Å². The van der Waals surface area contributed by atoms with Crippen molar-refractivity contribution in [1.29, 1.82) is 0 Å². The van der Waals surface area contributed by atoms with Crippen LogP contribution < -0.4 is 31.6 Å². The third kappa shape index (κ3) is 7.05. The van der Waals surface area contributed by atoms with E-state index in [0.717, 1.165) is 111 Å². The molecule has 2 spiro atoms. The summed E-state index contributed by atoms with van der Waals surface area (Å²) in [6.45, 7) is 16.5. The van der Waals surface area contributed by atoms with Gasteiger partial charge in [-0.2, -0.15) is 0 Å². The highest BCUT2D eigenvalue weighted by Crippen LogP contribution is 2.62. The maximum Gasteiger partial charge on any atom is 0.340 e. The zero-order chi connectivity index (χ0) is 45.3. The quantitative estimate of drug-likeness (QED) is 0.0956. The number of aromatic nitrogens is 4. The van der Waals surface area contributed by atoms with Crippen LogP contribution >= 0.6 is 0 Å². The number of benzene rings is 2. The van der Waals surface area contributed by atoms with E-state index in [9.17, 15) is 4.79 Å². The molecule has 2 aromatic carbocycles. The summed E-state index contributed by atoms with van der Waals surface area (Å²) in [6.07, 6.45) is 9.37. The van der Waals surface area contributed by atoms with Crippen LogP contribution in [0, 0.1) is 0 Å². The fourth-order valence-electron chi connectivity index (χ4n) is 9.83. The molecular formula is C51H58N8O5. The molecule has 2 saturated carbocycles. The third-order valence-electron chi connectivity index (χ3n) is 14.2. The third-order valence-corrected chi connectivity index (χ3v) is 14.2. The van der Waals surface area contributed by atoms with Crippen LogP contribution in [-0.2, 0) is 20.3 Å². The number of cyclic esters (lactones) is 1. The number of esters is 1. The van der Waals surface area contributed by atoms with Gasteiger partial charge in [0.2, 0.25) is 0 Å². The van der Waals surface area contributed by atoms with Gasteiger partial charge in [0.25, 0.3) is 0 Å². The molecule has 2 fully saturated rings. The zero-order valence-electron chi connectivity index (χ0n) is 38.0. The monoisotopic (exact) mass is 862 g/mol. The van der Waals surface area contributed by atoms with Crippen LogP contribution in [-0.4, -0.2) is 51.3 Å². The highest BCUT2D eigenvalue weighted by atomic mass is 16.6. The molecule has 4 aliphatic rings. The van der Waals surface area contributed by atoms with Gasteiger partial charge in [0.15, 0.2) is 0 Å². The number of hydrogen-bond acceptors (Lipinski definition) is 13. The molecule has 0 radical (unpaired) electrons. The lowest BCUT2D eigenvalue weighted by molar-refractivity contribution is -0.0285. The summed E-state index contributed by atoms with van der Waals surface area (Å²) in [6, 6.07) is 19.4. The number of methoxy groups -OCH3 is 2. The fourth-order valence-corrected chi connectivity index (χ4v) is 9.83. The number of carbonyl (C=O) groups excluding carboxylic acids is 1. The van der Waals surface area contributed by atoms with E-state index < -0.39 is 5.60 Å². The van der Waals surface area contributed by atoms with Gasteiger partial charge in [-0.15, -0.1) is 0 Å². The van der Waals surface area contributed by atoms with Gasteiger partial charge >= 0.3 is 5.97 Å². The van der Waals surface area contributed by atoms with E-state index in [4.69, 9.17) is 40.4 Å². The molecule has 332 valence electrons. The standard InChI is InChI=1S/C26H30N4O2.C25H28N4O3/c1-6-20(27)17-7-9-21(31-5)19-14-28-23(13-18(17)19)29-22-10-8-16-15(2)32-25(3,4)26(11-12-26)24(16)30-22;1-5-18(26)14-6-8-19(31-4)17-13-27-21(12-16(14)17)28-20-9-7-15-22(29-20)25(10-11-25)24(2,3)32-23(15)30/h7-10,13-14,20H,2,6,11-12,27H2,1,3-5H3,(H,28,29,30);6-9,12-13,18H,5,10-11,26H2,1-4H3,(H,27,28,29)/t20-;18-/m01/s1. The van der Waals surface area contributed by atoms with E-state index in [1.807, 2.05) is 68.6 Å². The van der Waals surface area contributed by atoms with Crippen LogP contribution in [0.25, 0.3) is 27.3 Å². The molecule has 64 heavy (non-hydrogen) atoms. The number of nitrogens with zero attached hydrogens (tertiary/aromatic N) is 4.